The van der Waals surface area contributed by atoms with Gasteiger partial charge in [0, 0.05) is 0 Å². The van der Waals surface area contributed by atoms with Crippen molar-refractivity contribution in [2.45, 2.75) is 13.3 Å². The largest absolute Gasteiger partial charge is 0.508 e. The zero-order valence-corrected chi connectivity index (χ0v) is 7.83. The second-order valence-corrected chi connectivity index (χ2v) is 3.02. The number of phenols is 1. The first-order valence-corrected chi connectivity index (χ1v) is 4.40. The van der Waals surface area contributed by atoms with Crippen LogP contribution in [-0.2, 0) is 0 Å². The molecule has 2 nitrogen and oxygen atoms in total. The maximum Gasteiger partial charge on any atom is 0.116 e. The Hall–Kier alpha value is -1.28. The molecule has 0 amide bonds. The van der Waals surface area contributed by atoms with E-state index in [4.69, 9.17) is 5.73 Å². The Morgan fingerprint density at radius 3 is 2.92 bits per heavy atom. The summed E-state index contributed by atoms with van der Waals surface area (Å²) < 4.78 is 0. The van der Waals surface area contributed by atoms with Gasteiger partial charge in [-0.1, -0.05) is 18.2 Å². The van der Waals surface area contributed by atoms with E-state index in [-0.39, 0.29) is 0 Å². The van der Waals surface area contributed by atoms with Gasteiger partial charge in [0.15, 0.2) is 0 Å². The molecule has 2 heteroatoms. The van der Waals surface area contributed by atoms with Crippen LogP contribution in [0.1, 0.15) is 17.5 Å². The highest BCUT2D eigenvalue weighted by Gasteiger charge is 1.94. The van der Waals surface area contributed by atoms with E-state index >= 15 is 0 Å². The van der Waals surface area contributed by atoms with Gasteiger partial charge in [0.25, 0.3) is 0 Å². The fourth-order valence-corrected chi connectivity index (χ4v) is 1.11. The van der Waals surface area contributed by atoms with Crippen molar-refractivity contribution >= 4 is 6.08 Å². The molecular formula is C11H15NO. The van der Waals surface area contributed by atoms with Crippen molar-refractivity contribution < 1.29 is 5.11 Å². The summed E-state index contributed by atoms with van der Waals surface area (Å²) in [4.78, 5) is 0. The van der Waals surface area contributed by atoms with E-state index in [0.29, 0.717) is 12.3 Å². The second kappa shape index (κ2) is 4.67. The molecule has 0 unspecified atom stereocenters. The van der Waals surface area contributed by atoms with E-state index in [9.17, 15) is 5.11 Å². The lowest BCUT2D eigenvalue weighted by Gasteiger charge is -2.00. The predicted molar refractivity (Wildman–Crippen MR) is 55.5 cm³/mol. The number of phenolic OH excluding ortho intramolecular Hbond substituents is 1. The van der Waals surface area contributed by atoms with Crippen LogP contribution < -0.4 is 5.73 Å². The van der Waals surface area contributed by atoms with Gasteiger partial charge >= 0.3 is 0 Å². The quantitative estimate of drug-likeness (QED) is 0.742. The first-order valence-electron chi connectivity index (χ1n) is 4.40. The molecule has 1 aromatic carbocycles. The molecule has 0 aliphatic rings. The number of aryl methyl sites for hydroxylation is 1. The Morgan fingerprint density at radius 2 is 2.23 bits per heavy atom. The zero-order valence-electron chi connectivity index (χ0n) is 7.83. The van der Waals surface area contributed by atoms with Gasteiger partial charge in [0.1, 0.15) is 5.75 Å². The minimum absolute atomic E-state index is 0.304. The molecule has 13 heavy (non-hydrogen) atoms. The summed E-state index contributed by atoms with van der Waals surface area (Å²) in [6, 6.07) is 5.34. The minimum atomic E-state index is 0.304. The van der Waals surface area contributed by atoms with Crippen LogP contribution in [0.25, 0.3) is 6.08 Å². The molecule has 0 radical (unpaired) electrons. The normalized spacial score (nSPS) is 10.9. The maximum atomic E-state index is 9.24. The van der Waals surface area contributed by atoms with Gasteiger partial charge in [-0.05, 0) is 43.1 Å². The zero-order chi connectivity index (χ0) is 9.68. The number of aromatic hydroxyl groups is 1. The Balaban J connectivity index is 2.81. The average molecular weight is 177 g/mol. The summed E-state index contributed by atoms with van der Waals surface area (Å²) in [5.74, 6) is 0.304. The second-order valence-electron chi connectivity index (χ2n) is 3.02. The van der Waals surface area contributed by atoms with Crippen LogP contribution in [-0.4, -0.2) is 11.7 Å². The number of rotatable bonds is 3. The van der Waals surface area contributed by atoms with Gasteiger partial charge in [-0.25, -0.2) is 0 Å². The highest BCUT2D eigenvalue weighted by Crippen LogP contribution is 2.17. The molecule has 0 aromatic heterocycles. The molecule has 0 atom stereocenters. The third-order valence-corrected chi connectivity index (χ3v) is 1.89. The lowest BCUT2D eigenvalue weighted by Crippen LogP contribution is -1.95. The SMILES string of the molecule is Cc1ccc(O)cc1C=CCCN. The van der Waals surface area contributed by atoms with Crippen molar-refractivity contribution in [3.8, 4) is 5.75 Å². The Bertz CT molecular complexity index is 305. The molecular weight excluding hydrogens is 162 g/mol. The number of nitrogens with two attached hydrogens (primary N) is 1. The van der Waals surface area contributed by atoms with Crippen LogP contribution in [0.4, 0.5) is 0 Å². The third kappa shape index (κ3) is 2.92. The highest BCUT2D eigenvalue weighted by molar-refractivity contribution is 5.55. The Morgan fingerprint density at radius 1 is 1.46 bits per heavy atom. The van der Waals surface area contributed by atoms with Crippen molar-refractivity contribution in [2.75, 3.05) is 6.54 Å². The molecule has 1 rings (SSSR count). The summed E-state index contributed by atoms with van der Waals surface area (Å²) in [7, 11) is 0. The van der Waals surface area contributed by atoms with E-state index in [1.54, 1.807) is 12.1 Å². The van der Waals surface area contributed by atoms with Gasteiger partial charge in [0.2, 0.25) is 0 Å². The standard InChI is InChI=1S/C11H15NO/c1-9-5-6-11(13)8-10(9)4-2-3-7-12/h2,4-6,8,13H,3,7,12H2,1H3. The molecule has 0 heterocycles. The molecule has 1 aromatic rings. The summed E-state index contributed by atoms with van der Waals surface area (Å²) in [5.41, 5.74) is 7.57. The van der Waals surface area contributed by atoms with Crippen LogP contribution in [0.5, 0.6) is 5.75 Å². The topological polar surface area (TPSA) is 46.2 Å². The smallest absolute Gasteiger partial charge is 0.116 e. The fraction of sp³-hybridized carbons (Fsp3) is 0.273. The van der Waals surface area contributed by atoms with Crippen LogP contribution in [0.3, 0.4) is 0 Å². The van der Waals surface area contributed by atoms with E-state index in [0.717, 1.165) is 17.5 Å². The van der Waals surface area contributed by atoms with E-state index in [2.05, 4.69) is 0 Å². The molecule has 0 aliphatic carbocycles. The molecule has 0 saturated carbocycles. The Kier molecular flexibility index (Phi) is 3.53. The van der Waals surface area contributed by atoms with Crippen LogP contribution in [0.15, 0.2) is 24.3 Å². The minimum Gasteiger partial charge on any atom is -0.508 e. The van der Waals surface area contributed by atoms with Crippen molar-refractivity contribution in [3.63, 3.8) is 0 Å². The van der Waals surface area contributed by atoms with Crippen LogP contribution >= 0.6 is 0 Å². The van der Waals surface area contributed by atoms with Crippen LogP contribution in [0.2, 0.25) is 0 Å². The van der Waals surface area contributed by atoms with Gasteiger partial charge in [0.05, 0.1) is 0 Å². The molecule has 70 valence electrons. The maximum absolute atomic E-state index is 9.24. The van der Waals surface area contributed by atoms with E-state index in [1.807, 2.05) is 25.1 Å². The summed E-state index contributed by atoms with van der Waals surface area (Å²) >= 11 is 0. The fourth-order valence-electron chi connectivity index (χ4n) is 1.11. The van der Waals surface area contributed by atoms with Crippen molar-refractivity contribution in [1.82, 2.24) is 0 Å². The van der Waals surface area contributed by atoms with Gasteiger partial charge in [-0.2, -0.15) is 0 Å². The van der Waals surface area contributed by atoms with Crippen molar-refractivity contribution in [3.05, 3.63) is 35.4 Å². The third-order valence-electron chi connectivity index (χ3n) is 1.89. The van der Waals surface area contributed by atoms with E-state index in [1.165, 1.54) is 0 Å². The monoisotopic (exact) mass is 177 g/mol. The predicted octanol–water partition coefficient (Wildman–Crippen LogP) is 2.06. The number of hydrogen-bond donors (Lipinski definition) is 2. The van der Waals surface area contributed by atoms with Crippen LogP contribution in [0, 0.1) is 6.92 Å². The number of hydrogen-bond acceptors (Lipinski definition) is 2. The first-order chi connectivity index (χ1) is 6.24. The van der Waals surface area contributed by atoms with Crippen molar-refractivity contribution in [1.29, 1.82) is 0 Å². The molecule has 0 saturated heterocycles. The molecule has 0 fully saturated rings. The lowest BCUT2D eigenvalue weighted by molar-refractivity contribution is 0.475. The summed E-state index contributed by atoms with van der Waals surface area (Å²) in [6.07, 6.45) is 4.87. The van der Waals surface area contributed by atoms with Gasteiger partial charge in [-0.15, -0.1) is 0 Å². The average Bonchev–Trinajstić information content (AvgIpc) is 2.11. The summed E-state index contributed by atoms with van der Waals surface area (Å²) in [5, 5.41) is 9.24. The first kappa shape index (κ1) is 9.81. The molecule has 0 bridgehead atoms. The lowest BCUT2D eigenvalue weighted by atomic mass is 10.1. The van der Waals surface area contributed by atoms with Crippen molar-refractivity contribution in [2.24, 2.45) is 5.73 Å². The summed E-state index contributed by atoms with van der Waals surface area (Å²) in [6.45, 7) is 2.68. The molecule has 0 spiro atoms. The molecule has 0 aliphatic heterocycles. The Labute approximate surface area is 78.7 Å². The molecule has 3 N–H and O–H groups in total. The van der Waals surface area contributed by atoms with E-state index < -0.39 is 0 Å². The highest BCUT2D eigenvalue weighted by atomic mass is 16.3. The number of benzene rings is 1. The van der Waals surface area contributed by atoms with Gasteiger partial charge < -0.3 is 10.8 Å². The van der Waals surface area contributed by atoms with Gasteiger partial charge in [-0.3, -0.25) is 0 Å².